The second-order valence-electron chi connectivity index (χ2n) is 9.64. The first-order valence-electron chi connectivity index (χ1n) is 12.5. The summed E-state index contributed by atoms with van der Waals surface area (Å²) in [6.07, 6.45) is 3.49. The molecule has 190 valence electrons. The zero-order chi connectivity index (χ0) is 25.9. The average Bonchev–Trinajstić information content (AvgIpc) is 3.17. The molecular formula is C29H32N6O2. The molecule has 0 spiro atoms. The fourth-order valence-electron chi connectivity index (χ4n) is 4.94. The minimum Gasteiger partial charge on any atom is -0.457 e. The molecule has 0 saturated heterocycles. The van der Waals surface area contributed by atoms with Gasteiger partial charge in [0.05, 0.1) is 11.2 Å². The summed E-state index contributed by atoms with van der Waals surface area (Å²) in [5, 5.41) is 11.8. The van der Waals surface area contributed by atoms with Gasteiger partial charge >= 0.3 is 0 Å². The quantitative estimate of drug-likeness (QED) is 0.191. The maximum atomic E-state index is 13.5. The van der Waals surface area contributed by atoms with E-state index in [1.165, 1.54) is 0 Å². The van der Waals surface area contributed by atoms with E-state index in [9.17, 15) is 4.79 Å². The molecule has 1 heterocycles. The molecule has 0 aliphatic heterocycles. The van der Waals surface area contributed by atoms with Crippen LogP contribution >= 0.6 is 0 Å². The lowest BCUT2D eigenvalue weighted by Crippen LogP contribution is -2.41. The molecule has 8 N–H and O–H groups in total. The summed E-state index contributed by atoms with van der Waals surface area (Å²) in [6.45, 7) is 0.416. The topological polar surface area (TPSA) is 145 Å². The zero-order valence-electron chi connectivity index (χ0n) is 20.6. The number of ether oxygens (including phenoxy) is 1. The maximum Gasteiger partial charge on any atom is 0.270 e. The van der Waals surface area contributed by atoms with E-state index in [0.717, 1.165) is 53.6 Å². The van der Waals surface area contributed by atoms with Crippen molar-refractivity contribution in [3.05, 3.63) is 89.6 Å². The highest BCUT2D eigenvalue weighted by Crippen LogP contribution is 2.31. The summed E-state index contributed by atoms with van der Waals surface area (Å²) in [6, 6.07) is 23.0. The number of fused-ring (bicyclic) bond motifs is 1. The van der Waals surface area contributed by atoms with Gasteiger partial charge < -0.3 is 31.8 Å². The number of nitrogens with one attached hydrogen (secondary N) is 2. The number of amides is 1. The first kappa shape index (κ1) is 24.4. The van der Waals surface area contributed by atoms with E-state index >= 15 is 0 Å². The number of nitrogen functional groups attached to an aromatic ring is 2. The number of amidine groups is 1. The van der Waals surface area contributed by atoms with Crippen LogP contribution in [0.2, 0.25) is 0 Å². The minimum absolute atomic E-state index is 0.0415. The van der Waals surface area contributed by atoms with Gasteiger partial charge in [0.25, 0.3) is 5.91 Å². The number of para-hydroxylation sites is 1. The van der Waals surface area contributed by atoms with Crippen molar-refractivity contribution in [1.29, 1.82) is 5.41 Å². The van der Waals surface area contributed by atoms with Crippen molar-refractivity contribution in [3.63, 3.8) is 0 Å². The Morgan fingerprint density at radius 1 is 0.973 bits per heavy atom. The Labute approximate surface area is 215 Å². The summed E-state index contributed by atoms with van der Waals surface area (Å²) in [5.41, 5.74) is 21.5. The van der Waals surface area contributed by atoms with E-state index in [1.807, 2.05) is 71.3 Å². The van der Waals surface area contributed by atoms with Gasteiger partial charge in [-0.15, -0.1) is 0 Å². The molecule has 8 heteroatoms. The zero-order valence-corrected chi connectivity index (χ0v) is 20.6. The van der Waals surface area contributed by atoms with E-state index < -0.39 is 0 Å². The first-order chi connectivity index (χ1) is 17.9. The van der Waals surface area contributed by atoms with Gasteiger partial charge in [0, 0.05) is 29.6 Å². The highest BCUT2D eigenvalue weighted by atomic mass is 16.5. The number of nitrogens with zero attached hydrogens (tertiary/aromatic N) is 1. The number of aromatic nitrogens is 1. The van der Waals surface area contributed by atoms with Gasteiger partial charge in [-0.25, -0.2) is 0 Å². The number of hydrogen-bond donors (Lipinski definition) is 5. The van der Waals surface area contributed by atoms with Crippen molar-refractivity contribution in [2.24, 2.45) is 11.5 Å². The summed E-state index contributed by atoms with van der Waals surface area (Å²) in [4.78, 5) is 13.5. The average molecular weight is 497 g/mol. The van der Waals surface area contributed by atoms with Gasteiger partial charge in [-0.05, 0) is 67.6 Å². The fourth-order valence-corrected chi connectivity index (χ4v) is 4.94. The van der Waals surface area contributed by atoms with Crippen molar-refractivity contribution in [1.82, 2.24) is 9.88 Å². The first-order valence-corrected chi connectivity index (χ1v) is 12.5. The van der Waals surface area contributed by atoms with Crippen LogP contribution < -0.4 is 27.3 Å². The summed E-state index contributed by atoms with van der Waals surface area (Å²) < 4.78 is 7.83. The van der Waals surface area contributed by atoms with Gasteiger partial charge in [0.1, 0.15) is 23.0 Å². The number of nitrogens with two attached hydrogens (primary N) is 3. The Morgan fingerprint density at radius 2 is 1.65 bits per heavy atom. The van der Waals surface area contributed by atoms with E-state index in [0.29, 0.717) is 23.5 Å². The van der Waals surface area contributed by atoms with Gasteiger partial charge in [-0.3, -0.25) is 10.2 Å². The predicted octanol–water partition coefficient (Wildman–Crippen LogP) is 4.35. The predicted molar refractivity (Wildman–Crippen MR) is 147 cm³/mol. The van der Waals surface area contributed by atoms with Crippen molar-refractivity contribution < 1.29 is 9.53 Å². The van der Waals surface area contributed by atoms with Crippen molar-refractivity contribution >= 4 is 28.3 Å². The third-order valence-electron chi connectivity index (χ3n) is 6.98. The molecule has 37 heavy (non-hydrogen) atoms. The molecule has 1 aromatic heterocycles. The highest BCUT2D eigenvalue weighted by molar-refractivity contribution is 6.09. The maximum absolute atomic E-state index is 13.5. The molecular weight excluding hydrogens is 464 g/mol. The molecule has 3 aromatic carbocycles. The largest absolute Gasteiger partial charge is 0.457 e. The Morgan fingerprint density at radius 3 is 2.32 bits per heavy atom. The number of hydrogen-bond acceptors (Lipinski definition) is 5. The molecule has 1 amide bonds. The molecule has 0 radical (unpaired) electrons. The van der Waals surface area contributed by atoms with Crippen LogP contribution in [0.3, 0.4) is 0 Å². The molecule has 4 aromatic rings. The Bertz CT molecular complexity index is 1420. The Balaban J connectivity index is 1.47. The van der Waals surface area contributed by atoms with Crippen molar-refractivity contribution in [2.75, 3.05) is 5.73 Å². The second kappa shape index (κ2) is 10.4. The van der Waals surface area contributed by atoms with Crippen LogP contribution in [-0.2, 0) is 6.54 Å². The standard InChI is InChI=1S/C29H32N6O2/c30-20-9-11-21(12-10-20)34-29(36)27-26(31)24-15-8-19(28(32)33)16-25(24)35(27)17-18-6-13-23(14-7-18)37-22-4-2-1-3-5-22/h1-8,13-16,20-21H,9-12,17,30-31H2,(H3,32,33)(H,34,36). The summed E-state index contributed by atoms with van der Waals surface area (Å²) >= 11 is 0. The molecule has 1 aliphatic rings. The molecule has 0 atom stereocenters. The molecule has 5 rings (SSSR count). The van der Waals surface area contributed by atoms with E-state index in [4.69, 9.17) is 27.3 Å². The molecule has 0 bridgehead atoms. The summed E-state index contributed by atoms with van der Waals surface area (Å²) in [5.74, 6) is 1.24. The van der Waals surface area contributed by atoms with Crippen LogP contribution in [0.5, 0.6) is 11.5 Å². The SMILES string of the molecule is N=C(N)c1ccc2c(N)c(C(=O)NC3CCC(N)CC3)n(Cc3ccc(Oc4ccccc4)cc3)c2c1. The summed E-state index contributed by atoms with van der Waals surface area (Å²) in [7, 11) is 0. The van der Waals surface area contributed by atoms with Crippen LogP contribution in [0.15, 0.2) is 72.8 Å². The van der Waals surface area contributed by atoms with Crippen LogP contribution in [0, 0.1) is 5.41 Å². The fraction of sp³-hybridized carbons (Fsp3) is 0.241. The molecule has 1 aliphatic carbocycles. The van der Waals surface area contributed by atoms with E-state index in [1.54, 1.807) is 6.07 Å². The van der Waals surface area contributed by atoms with Gasteiger partial charge in [-0.2, -0.15) is 0 Å². The van der Waals surface area contributed by atoms with Crippen LogP contribution in [-0.4, -0.2) is 28.4 Å². The van der Waals surface area contributed by atoms with Crippen molar-refractivity contribution in [3.8, 4) is 11.5 Å². The highest BCUT2D eigenvalue weighted by Gasteiger charge is 2.26. The van der Waals surface area contributed by atoms with Gasteiger partial charge in [0.15, 0.2) is 0 Å². The smallest absolute Gasteiger partial charge is 0.270 e. The third-order valence-corrected chi connectivity index (χ3v) is 6.98. The third kappa shape index (κ3) is 5.29. The number of rotatable bonds is 7. The van der Waals surface area contributed by atoms with Crippen LogP contribution in [0.1, 0.15) is 47.3 Å². The molecule has 0 unspecified atom stereocenters. The minimum atomic E-state index is -0.206. The molecule has 8 nitrogen and oxygen atoms in total. The number of benzene rings is 3. The van der Waals surface area contributed by atoms with Crippen molar-refractivity contribution in [2.45, 2.75) is 44.3 Å². The van der Waals surface area contributed by atoms with Gasteiger partial charge in [-0.1, -0.05) is 36.4 Å². The Hall–Kier alpha value is -4.30. The number of carbonyl (C=O) groups is 1. The van der Waals surface area contributed by atoms with E-state index in [-0.39, 0.29) is 23.8 Å². The molecule has 1 saturated carbocycles. The monoisotopic (exact) mass is 496 g/mol. The second-order valence-corrected chi connectivity index (χ2v) is 9.64. The van der Waals surface area contributed by atoms with Crippen LogP contribution in [0.4, 0.5) is 5.69 Å². The lowest BCUT2D eigenvalue weighted by Gasteiger charge is -2.27. The lowest BCUT2D eigenvalue weighted by atomic mass is 9.92. The number of carbonyl (C=O) groups excluding carboxylic acids is 1. The lowest BCUT2D eigenvalue weighted by molar-refractivity contribution is 0.0918. The number of anilines is 1. The normalized spacial score (nSPS) is 17.4. The molecule has 1 fully saturated rings. The van der Waals surface area contributed by atoms with Gasteiger partial charge in [0.2, 0.25) is 0 Å². The van der Waals surface area contributed by atoms with Crippen LogP contribution in [0.25, 0.3) is 10.9 Å². The Kier molecular flexibility index (Phi) is 6.83. The van der Waals surface area contributed by atoms with E-state index in [2.05, 4.69) is 5.32 Å².